The maximum absolute atomic E-state index is 13.5. The molecule has 2 aliphatic rings. The normalized spacial score (nSPS) is 21.3. The number of ether oxygens (including phenoxy) is 1. The van der Waals surface area contributed by atoms with Crippen molar-refractivity contribution in [1.82, 2.24) is 10.2 Å². The molecule has 1 N–H and O–H groups in total. The Morgan fingerprint density at radius 2 is 1.84 bits per heavy atom. The lowest BCUT2D eigenvalue weighted by Crippen LogP contribution is -2.52. The summed E-state index contributed by atoms with van der Waals surface area (Å²) < 4.78 is 30.1. The van der Waals surface area contributed by atoms with Crippen LogP contribution in [0.4, 0.5) is 5.69 Å². The molecule has 2 amide bonds. The number of hydrogen-bond acceptors (Lipinski definition) is 6. The minimum atomic E-state index is -3.15. The van der Waals surface area contributed by atoms with Gasteiger partial charge in [0.2, 0.25) is 5.91 Å². The van der Waals surface area contributed by atoms with Gasteiger partial charge in [0.05, 0.1) is 30.3 Å². The summed E-state index contributed by atoms with van der Waals surface area (Å²) in [6, 6.07) is 16.5. The molecule has 1 saturated heterocycles. The van der Waals surface area contributed by atoms with Gasteiger partial charge in [0.1, 0.15) is 5.75 Å². The highest BCUT2D eigenvalue weighted by Crippen LogP contribution is 2.33. The van der Waals surface area contributed by atoms with Crippen LogP contribution in [0.1, 0.15) is 12.0 Å². The maximum Gasteiger partial charge on any atom is 0.262 e. The first kappa shape index (κ1) is 22.1. The third-order valence-corrected chi connectivity index (χ3v) is 7.64. The number of carbonyl (C=O) groups excluding carboxylic acids is 2. The van der Waals surface area contributed by atoms with E-state index in [1.165, 1.54) is 0 Å². The highest BCUT2D eigenvalue weighted by molar-refractivity contribution is 7.91. The van der Waals surface area contributed by atoms with E-state index >= 15 is 0 Å². The molecule has 170 valence electrons. The maximum atomic E-state index is 13.5. The first-order valence-corrected chi connectivity index (χ1v) is 12.4. The van der Waals surface area contributed by atoms with E-state index in [4.69, 9.17) is 4.74 Å². The SMILES string of the molecule is CNC(=O)[C@@H]1CN(CC(=O)N(Cc2ccccc2)[C@H]2CCS(=O)(=O)C2)c2ccccc2O1. The average Bonchev–Trinajstić information content (AvgIpc) is 3.16. The number of carbonyl (C=O) groups is 2. The molecule has 2 aromatic rings. The number of para-hydroxylation sites is 2. The highest BCUT2D eigenvalue weighted by Gasteiger charge is 2.37. The zero-order chi connectivity index (χ0) is 22.7. The second-order valence-electron chi connectivity index (χ2n) is 8.13. The van der Waals surface area contributed by atoms with E-state index in [-0.39, 0.29) is 42.5 Å². The van der Waals surface area contributed by atoms with Gasteiger partial charge < -0.3 is 19.9 Å². The van der Waals surface area contributed by atoms with Crippen molar-refractivity contribution in [3.8, 4) is 5.75 Å². The Morgan fingerprint density at radius 1 is 1.12 bits per heavy atom. The van der Waals surface area contributed by atoms with Gasteiger partial charge in [-0.2, -0.15) is 0 Å². The van der Waals surface area contributed by atoms with E-state index in [0.717, 1.165) is 11.3 Å². The Morgan fingerprint density at radius 3 is 2.53 bits per heavy atom. The molecule has 0 bridgehead atoms. The first-order valence-electron chi connectivity index (χ1n) is 10.6. The Labute approximate surface area is 188 Å². The summed E-state index contributed by atoms with van der Waals surface area (Å²) in [5.41, 5.74) is 1.68. The van der Waals surface area contributed by atoms with Crippen LogP contribution in [0, 0.1) is 0 Å². The lowest BCUT2D eigenvalue weighted by Gasteiger charge is -2.37. The van der Waals surface area contributed by atoms with Crippen LogP contribution in [-0.4, -0.2) is 68.9 Å². The van der Waals surface area contributed by atoms with Crippen molar-refractivity contribution in [2.45, 2.75) is 25.1 Å². The third kappa shape index (κ3) is 4.88. The van der Waals surface area contributed by atoms with Crippen molar-refractivity contribution in [2.24, 2.45) is 0 Å². The summed E-state index contributed by atoms with van der Waals surface area (Å²) in [5.74, 6) is 0.170. The molecule has 4 rings (SSSR count). The van der Waals surface area contributed by atoms with Crippen molar-refractivity contribution in [3.63, 3.8) is 0 Å². The minimum Gasteiger partial charge on any atom is -0.477 e. The second kappa shape index (κ2) is 9.20. The van der Waals surface area contributed by atoms with Crippen LogP contribution in [0.25, 0.3) is 0 Å². The monoisotopic (exact) mass is 457 g/mol. The smallest absolute Gasteiger partial charge is 0.262 e. The molecule has 0 saturated carbocycles. The molecular formula is C23H27N3O5S. The molecule has 0 unspecified atom stereocenters. The molecule has 2 aromatic carbocycles. The van der Waals surface area contributed by atoms with E-state index in [2.05, 4.69) is 5.32 Å². The van der Waals surface area contributed by atoms with Gasteiger partial charge in [0, 0.05) is 19.6 Å². The van der Waals surface area contributed by atoms with Gasteiger partial charge in [-0.15, -0.1) is 0 Å². The van der Waals surface area contributed by atoms with Crippen LogP contribution in [0.5, 0.6) is 5.75 Å². The highest BCUT2D eigenvalue weighted by atomic mass is 32.2. The molecule has 0 aromatic heterocycles. The molecule has 0 aliphatic carbocycles. The summed E-state index contributed by atoms with van der Waals surface area (Å²) >= 11 is 0. The lowest BCUT2D eigenvalue weighted by atomic mass is 10.1. The molecule has 32 heavy (non-hydrogen) atoms. The quantitative estimate of drug-likeness (QED) is 0.701. The van der Waals surface area contributed by atoms with E-state index < -0.39 is 15.9 Å². The number of benzene rings is 2. The summed E-state index contributed by atoms with van der Waals surface area (Å²) in [6.07, 6.45) is -0.307. The Hall–Kier alpha value is -3.07. The largest absolute Gasteiger partial charge is 0.477 e. The fourth-order valence-corrected chi connectivity index (χ4v) is 5.96. The Balaban J connectivity index is 1.58. The number of nitrogens with zero attached hydrogens (tertiary/aromatic N) is 2. The average molecular weight is 458 g/mol. The molecular weight excluding hydrogens is 430 g/mol. The zero-order valence-electron chi connectivity index (χ0n) is 17.9. The molecule has 2 atom stereocenters. The number of hydrogen-bond donors (Lipinski definition) is 1. The van der Waals surface area contributed by atoms with Gasteiger partial charge in [-0.05, 0) is 24.1 Å². The molecule has 0 spiro atoms. The van der Waals surface area contributed by atoms with Gasteiger partial charge in [0.15, 0.2) is 15.9 Å². The van der Waals surface area contributed by atoms with Crippen LogP contribution in [0.2, 0.25) is 0 Å². The molecule has 8 nitrogen and oxygen atoms in total. The molecule has 2 aliphatic heterocycles. The second-order valence-corrected chi connectivity index (χ2v) is 10.4. The van der Waals surface area contributed by atoms with Crippen molar-refractivity contribution < 1.29 is 22.7 Å². The van der Waals surface area contributed by atoms with Gasteiger partial charge in [-0.25, -0.2) is 8.42 Å². The number of nitrogens with one attached hydrogen (secondary N) is 1. The van der Waals surface area contributed by atoms with Gasteiger partial charge >= 0.3 is 0 Å². The van der Waals surface area contributed by atoms with E-state index in [0.29, 0.717) is 18.7 Å². The molecule has 1 fully saturated rings. The minimum absolute atomic E-state index is 0.0217. The van der Waals surface area contributed by atoms with Crippen molar-refractivity contribution in [1.29, 1.82) is 0 Å². The molecule has 2 heterocycles. The molecule has 0 radical (unpaired) electrons. The molecule has 9 heteroatoms. The number of likely N-dealkylation sites (N-methyl/N-ethyl adjacent to an activating group) is 1. The summed E-state index contributed by atoms with van der Waals surface area (Å²) in [7, 11) is -1.61. The van der Waals surface area contributed by atoms with Crippen molar-refractivity contribution in [2.75, 3.05) is 36.5 Å². The standard InChI is InChI=1S/C23H27N3O5S/c1-24-23(28)21-14-25(19-9-5-6-10-20(19)31-21)15-22(27)26(13-17-7-3-2-4-8-17)18-11-12-32(29,30)16-18/h2-10,18,21H,11-16H2,1H3,(H,24,28)/t18-,21-/m0/s1. The number of amides is 2. The van der Waals surface area contributed by atoms with Gasteiger partial charge in [-0.3, -0.25) is 9.59 Å². The summed E-state index contributed by atoms with van der Waals surface area (Å²) in [4.78, 5) is 29.3. The summed E-state index contributed by atoms with van der Waals surface area (Å²) in [6.45, 7) is 0.590. The number of rotatable bonds is 6. The van der Waals surface area contributed by atoms with Crippen LogP contribution >= 0.6 is 0 Å². The Kier molecular flexibility index (Phi) is 6.36. The predicted molar refractivity (Wildman–Crippen MR) is 121 cm³/mol. The van der Waals surface area contributed by atoms with Crippen LogP contribution in [0.3, 0.4) is 0 Å². The fourth-order valence-electron chi connectivity index (χ4n) is 4.23. The number of anilines is 1. The predicted octanol–water partition coefficient (Wildman–Crippen LogP) is 1.22. The van der Waals surface area contributed by atoms with Crippen molar-refractivity contribution >= 4 is 27.3 Å². The topological polar surface area (TPSA) is 96.0 Å². The van der Waals surface area contributed by atoms with E-state index in [1.807, 2.05) is 53.4 Å². The number of fused-ring (bicyclic) bond motifs is 1. The third-order valence-electron chi connectivity index (χ3n) is 5.89. The number of sulfone groups is 1. The van der Waals surface area contributed by atoms with Crippen LogP contribution in [0.15, 0.2) is 54.6 Å². The first-order chi connectivity index (χ1) is 15.4. The Bertz CT molecular complexity index is 1090. The van der Waals surface area contributed by atoms with Gasteiger partial charge in [-0.1, -0.05) is 42.5 Å². The van der Waals surface area contributed by atoms with Crippen molar-refractivity contribution in [3.05, 3.63) is 60.2 Å². The zero-order valence-corrected chi connectivity index (χ0v) is 18.8. The van der Waals surface area contributed by atoms with Gasteiger partial charge in [0.25, 0.3) is 5.91 Å². The summed E-state index contributed by atoms with van der Waals surface area (Å²) in [5, 5.41) is 2.60. The fraction of sp³-hybridized carbons (Fsp3) is 0.391. The van der Waals surface area contributed by atoms with E-state index in [9.17, 15) is 18.0 Å². The van der Waals surface area contributed by atoms with Crippen LogP contribution < -0.4 is 15.0 Å². The lowest BCUT2D eigenvalue weighted by molar-refractivity contribution is -0.133. The van der Waals surface area contributed by atoms with Crippen LogP contribution in [-0.2, 0) is 26.0 Å². The van der Waals surface area contributed by atoms with E-state index in [1.54, 1.807) is 18.0 Å².